The molecular formula is C24H27ClN4O3S. The molecule has 174 valence electrons. The van der Waals surface area contributed by atoms with Crippen LogP contribution in [0.1, 0.15) is 44.0 Å². The molecule has 0 saturated heterocycles. The van der Waals surface area contributed by atoms with Crippen molar-refractivity contribution in [2.45, 2.75) is 45.2 Å². The Hall–Kier alpha value is -2.68. The van der Waals surface area contributed by atoms with E-state index in [4.69, 9.17) is 11.6 Å². The molecule has 1 N–H and O–H groups in total. The Morgan fingerprint density at radius 1 is 1.12 bits per heavy atom. The van der Waals surface area contributed by atoms with Crippen LogP contribution in [0.4, 0.5) is 0 Å². The van der Waals surface area contributed by atoms with Crippen molar-refractivity contribution in [1.82, 2.24) is 19.4 Å². The molecule has 1 aromatic heterocycles. The molecule has 0 unspecified atom stereocenters. The van der Waals surface area contributed by atoms with Gasteiger partial charge in [0.05, 0.1) is 4.90 Å². The van der Waals surface area contributed by atoms with Crippen molar-refractivity contribution in [2.75, 3.05) is 6.54 Å². The van der Waals surface area contributed by atoms with Gasteiger partial charge in [-0.25, -0.2) is 8.42 Å². The number of halogens is 1. The maximum absolute atomic E-state index is 13.6. The molecule has 2 aromatic carbocycles. The Bertz CT molecular complexity index is 1310. The SMILES string of the molecule is Cc1cc(C)c(S(=O)(=O)N2CCc3c(c(C(=O)NCc4ccc(Cl)cc4)nn3C)C2)c(C)c1. The lowest BCUT2D eigenvalue weighted by molar-refractivity contribution is 0.0943. The zero-order chi connectivity index (χ0) is 23.9. The largest absolute Gasteiger partial charge is 0.347 e. The van der Waals surface area contributed by atoms with Crippen LogP contribution in [0.25, 0.3) is 0 Å². The third-order valence-electron chi connectivity index (χ3n) is 5.99. The summed E-state index contributed by atoms with van der Waals surface area (Å²) in [5, 5.41) is 7.93. The van der Waals surface area contributed by atoms with E-state index >= 15 is 0 Å². The number of amides is 1. The van der Waals surface area contributed by atoms with Crippen molar-refractivity contribution >= 4 is 27.5 Å². The summed E-state index contributed by atoms with van der Waals surface area (Å²) in [4.78, 5) is 13.3. The minimum absolute atomic E-state index is 0.113. The number of hydrogen-bond acceptors (Lipinski definition) is 4. The number of sulfonamides is 1. The van der Waals surface area contributed by atoms with Crippen molar-refractivity contribution in [3.05, 3.63) is 80.6 Å². The first-order valence-electron chi connectivity index (χ1n) is 10.7. The van der Waals surface area contributed by atoms with Gasteiger partial charge in [0.25, 0.3) is 5.91 Å². The van der Waals surface area contributed by atoms with E-state index in [2.05, 4.69) is 10.4 Å². The number of fused-ring (bicyclic) bond motifs is 1. The summed E-state index contributed by atoms with van der Waals surface area (Å²) in [6.07, 6.45) is 0.493. The van der Waals surface area contributed by atoms with Crippen LogP contribution in [0, 0.1) is 20.8 Å². The van der Waals surface area contributed by atoms with Crippen molar-refractivity contribution in [3.8, 4) is 0 Å². The molecule has 0 atom stereocenters. The van der Waals surface area contributed by atoms with E-state index in [9.17, 15) is 13.2 Å². The van der Waals surface area contributed by atoms with Crippen LogP contribution >= 0.6 is 11.6 Å². The van der Waals surface area contributed by atoms with E-state index in [1.807, 2.05) is 45.0 Å². The molecule has 0 spiro atoms. The summed E-state index contributed by atoms with van der Waals surface area (Å²) >= 11 is 5.92. The fourth-order valence-corrected chi connectivity index (χ4v) is 6.47. The molecule has 4 rings (SSSR count). The van der Waals surface area contributed by atoms with Gasteiger partial charge in [0.1, 0.15) is 0 Å². The van der Waals surface area contributed by atoms with Gasteiger partial charge in [0.15, 0.2) is 5.69 Å². The second-order valence-electron chi connectivity index (χ2n) is 8.52. The Kier molecular flexibility index (Phi) is 6.35. The molecule has 0 aliphatic carbocycles. The second kappa shape index (κ2) is 8.93. The lowest BCUT2D eigenvalue weighted by atomic mass is 10.1. The molecule has 1 amide bonds. The van der Waals surface area contributed by atoms with Crippen LogP contribution in [0.15, 0.2) is 41.3 Å². The number of aryl methyl sites for hydroxylation is 4. The molecule has 0 saturated carbocycles. The summed E-state index contributed by atoms with van der Waals surface area (Å²) < 4.78 is 30.3. The predicted octanol–water partition coefficient (Wildman–Crippen LogP) is 3.68. The van der Waals surface area contributed by atoms with Gasteiger partial charge < -0.3 is 5.32 Å². The number of nitrogens with one attached hydrogen (secondary N) is 1. The van der Waals surface area contributed by atoms with Crippen molar-refractivity contribution < 1.29 is 13.2 Å². The lowest BCUT2D eigenvalue weighted by Crippen LogP contribution is -2.37. The average molecular weight is 487 g/mol. The third-order valence-corrected chi connectivity index (χ3v) is 8.39. The molecule has 0 radical (unpaired) electrons. The highest BCUT2D eigenvalue weighted by Gasteiger charge is 2.35. The highest BCUT2D eigenvalue weighted by molar-refractivity contribution is 7.89. The fourth-order valence-electron chi connectivity index (χ4n) is 4.53. The van der Waals surface area contributed by atoms with Gasteiger partial charge in [-0.05, 0) is 49.6 Å². The number of aromatic nitrogens is 2. The predicted molar refractivity (Wildman–Crippen MR) is 128 cm³/mol. The highest BCUT2D eigenvalue weighted by Crippen LogP contribution is 2.30. The standard InChI is InChI=1S/C24H27ClN4O3S/c1-15-11-16(2)23(17(3)12-15)33(31,32)29-10-9-21-20(14-29)22(27-28(21)4)24(30)26-13-18-5-7-19(25)8-6-18/h5-8,11-12H,9-10,13-14H2,1-4H3,(H,26,30). The van der Waals surface area contributed by atoms with Gasteiger partial charge in [-0.15, -0.1) is 0 Å². The molecule has 0 bridgehead atoms. The number of carbonyl (C=O) groups is 1. The summed E-state index contributed by atoms with van der Waals surface area (Å²) in [6.45, 7) is 6.37. The molecule has 2 heterocycles. The number of carbonyl (C=O) groups excluding carboxylic acids is 1. The third kappa shape index (κ3) is 4.55. The fraction of sp³-hybridized carbons (Fsp3) is 0.333. The van der Waals surface area contributed by atoms with Gasteiger partial charge in [-0.1, -0.05) is 41.4 Å². The Morgan fingerprint density at radius 2 is 1.76 bits per heavy atom. The van der Waals surface area contributed by atoms with Crippen molar-refractivity contribution in [1.29, 1.82) is 0 Å². The average Bonchev–Trinajstić information content (AvgIpc) is 3.08. The smallest absolute Gasteiger partial charge is 0.272 e. The van der Waals surface area contributed by atoms with Crippen molar-refractivity contribution in [3.63, 3.8) is 0 Å². The van der Waals surface area contributed by atoms with Crippen LogP contribution in [-0.4, -0.2) is 35.0 Å². The lowest BCUT2D eigenvalue weighted by Gasteiger charge is -2.28. The van der Waals surface area contributed by atoms with E-state index in [1.54, 1.807) is 23.9 Å². The zero-order valence-electron chi connectivity index (χ0n) is 19.1. The van der Waals surface area contributed by atoms with Gasteiger partial charge >= 0.3 is 0 Å². The minimum Gasteiger partial charge on any atom is -0.347 e. The first kappa shape index (κ1) is 23.5. The van der Waals surface area contributed by atoms with Crippen LogP contribution in [-0.2, 0) is 36.6 Å². The molecular weight excluding hydrogens is 460 g/mol. The Balaban J connectivity index is 1.60. The highest BCUT2D eigenvalue weighted by atomic mass is 35.5. The quantitative estimate of drug-likeness (QED) is 0.596. The zero-order valence-corrected chi connectivity index (χ0v) is 20.7. The van der Waals surface area contributed by atoms with E-state index in [1.165, 1.54) is 4.31 Å². The molecule has 7 nitrogen and oxygen atoms in total. The monoisotopic (exact) mass is 486 g/mol. The van der Waals surface area contributed by atoms with Crippen LogP contribution in [0.2, 0.25) is 5.02 Å². The van der Waals surface area contributed by atoms with Gasteiger partial charge in [0.2, 0.25) is 10.0 Å². The van der Waals surface area contributed by atoms with Gasteiger partial charge in [-0.2, -0.15) is 9.40 Å². The minimum atomic E-state index is -3.72. The van der Waals surface area contributed by atoms with Gasteiger partial charge in [-0.3, -0.25) is 9.48 Å². The van der Waals surface area contributed by atoms with Gasteiger partial charge in [0, 0.05) is 49.4 Å². The van der Waals surface area contributed by atoms with E-state index in [0.29, 0.717) is 35.0 Å². The molecule has 3 aromatic rings. The number of benzene rings is 2. The normalized spacial score (nSPS) is 14.2. The number of rotatable bonds is 5. The Morgan fingerprint density at radius 3 is 2.39 bits per heavy atom. The summed E-state index contributed by atoms with van der Waals surface area (Å²) in [7, 11) is -1.94. The molecule has 33 heavy (non-hydrogen) atoms. The molecule has 0 fully saturated rings. The van der Waals surface area contributed by atoms with Crippen LogP contribution in [0.5, 0.6) is 0 Å². The topological polar surface area (TPSA) is 84.3 Å². The van der Waals surface area contributed by atoms with E-state index in [-0.39, 0.29) is 18.1 Å². The van der Waals surface area contributed by atoms with Crippen molar-refractivity contribution in [2.24, 2.45) is 7.05 Å². The maximum atomic E-state index is 13.6. The summed E-state index contributed by atoms with van der Waals surface area (Å²) in [5.41, 5.74) is 5.19. The molecule has 1 aliphatic heterocycles. The first-order valence-corrected chi connectivity index (χ1v) is 12.5. The summed E-state index contributed by atoms with van der Waals surface area (Å²) in [6, 6.07) is 11.0. The van der Waals surface area contributed by atoms with E-state index < -0.39 is 10.0 Å². The van der Waals surface area contributed by atoms with Crippen LogP contribution < -0.4 is 5.32 Å². The van der Waals surface area contributed by atoms with E-state index in [0.717, 1.165) is 27.9 Å². The number of nitrogens with zero attached hydrogens (tertiary/aromatic N) is 3. The molecule has 9 heteroatoms. The maximum Gasteiger partial charge on any atom is 0.272 e. The van der Waals surface area contributed by atoms with Crippen LogP contribution in [0.3, 0.4) is 0 Å². The first-order chi connectivity index (χ1) is 15.6. The summed E-state index contributed by atoms with van der Waals surface area (Å²) in [5.74, 6) is -0.330. The second-order valence-corrected chi connectivity index (χ2v) is 10.8. The number of hydrogen-bond donors (Lipinski definition) is 1. The molecule has 1 aliphatic rings. The Labute approximate surface area is 199 Å².